The number of fused-ring (bicyclic) bond motifs is 1. The highest BCUT2D eigenvalue weighted by Gasteiger charge is 2.16. The Balaban J connectivity index is 1.74. The fourth-order valence-corrected chi connectivity index (χ4v) is 3.09. The van der Waals surface area contributed by atoms with Gasteiger partial charge in [-0.2, -0.15) is 0 Å². The summed E-state index contributed by atoms with van der Waals surface area (Å²) in [6.07, 6.45) is 1.47. The molecule has 4 rings (SSSR count). The Bertz CT molecular complexity index is 1110. The van der Waals surface area contributed by atoms with Crippen molar-refractivity contribution in [2.24, 2.45) is 0 Å². The number of carbonyl (C=O) groups is 1. The van der Waals surface area contributed by atoms with Crippen LogP contribution in [0.3, 0.4) is 0 Å². The first-order chi connectivity index (χ1) is 12.5. The number of benzene rings is 2. The average Bonchev–Trinajstić information content (AvgIpc) is 3.26. The van der Waals surface area contributed by atoms with Crippen molar-refractivity contribution in [2.45, 2.75) is 20.8 Å². The average molecular weight is 346 g/mol. The highest BCUT2D eigenvalue weighted by Crippen LogP contribution is 2.32. The van der Waals surface area contributed by atoms with Crippen molar-refractivity contribution < 1.29 is 13.6 Å². The van der Waals surface area contributed by atoms with E-state index >= 15 is 0 Å². The molecule has 5 nitrogen and oxygen atoms in total. The lowest BCUT2D eigenvalue weighted by Gasteiger charge is -2.09. The van der Waals surface area contributed by atoms with Crippen LogP contribution in [0.5, 0.6) is 0 Å². The van der Waals surface area contributed by atoms with Crippen LogP contribution in [-0.2, 0) is 0 Å². The van der Waals surface area contributed by atoms with Crippen molar-refractivity contribution in [2.75, 3.05) is 5.32 Å². The van der Waals surface area contributed by atoms with Crippen molar-refractivity contribution >= 4 is 22.7 Å². The summed E-state index contributed by atoms with van der Waals surface area (Å²) < 4.78 is 11.2. The number of carbonyl (C=O) groups excluding carboxylic acids is 1. The van der Waals surface area contributed by atoms with E-state index in [0.29, 0.717) is 11.6 Å². The monoisotopic (exact) mass is 346 g/mol. The van der Waals surface area contributed by atoms with E-state index in [9.17, 15) is 4.79 Å². The summed E-state index contributed by atoms with van der Waals surface area (Å²) >= 11 is 0. The lowest BCUT2D eigenvalue weighted by molar-refractivity contribution is 0.0996. The van der Waals surface area contributed by atoms with Crippen LogP contribution in [0.25, 0.3) is 22.6 Å². The summed E-state index contributed by atoms with van der Waals surface area (Å²) in [5.41, 5.74) is 6.24. The predicted octanol–water partition coefficient (Wildman–Crippen LogP) is 5.27. The number of rotatable bonds is 3. The second kappa shape index (κ2) is 6.19. The van der Waals surface area contributed by atoms with E-state index in [1.807, 2.05) is 45.0 Å². The number of nitrogens with one attached hydrogen (secondary N) is 1. The molecule has 0 saturated carbocycles. The first-order valence-electron chi connectivity index (χ1n) is 8.35. The summed E-state index contributed by atoms with van der Waals surface area (Å²) in [4.78, 5) is 16.9. The van der Waals surface area contributed by atoms with E-state index in [-0.39, 0.29) is 11.7 Å². The maximum Gasteiger partial charge on any atom is 0.291 e. The molecular formula is C21H18N2O3. The van der Waals surface area contributed by atoms with Crippen LogP contribution in [0.2, 0.25) is 0 Å². The first-order valence-corrected chi connectivity index (χ1v) is 8.35. The molecule has 0 saturated heterocycles. The van der Waals surface area contributed by atoms with Gasteiger partial charge in [-0.1, -0.05) is 12.1 Å². The summed E-state index contributed by atoms with van der Waals surface area (Å²) in [6, 6.07) is 13.0. The smallest absolute Gasteiger partial charge is 0.291 e. The zero-order chi connectivity index (χ0) is 18.3. The molecule has 0 aliphatic rings. The van der Waals surface area contributed by atoms with E-state index in [1.165, 1.54) is 6.26 Å². The van der Waals surface area contributed by atoms with Crippen molar-refractivity contribution in [1.82, 2.24) is 4.98 Å². The number of nitrogens with zero attached hydrogens (tertiary/aromatic N) is 1. The van der Waals surface area contributed by atoms with Gasteiger partial charge < -0.3 is 14.2 Å². The van der Waals surface area contributed by atoms with Crippen LogP contribution in [0.1, 0.15) is 27.2 Å². The first kappa shape index (κ1) is 16.1. The molecule has 1 amide bonds. The number of furan rings is 1. The zero-order valence-electron chi connectivity index (χ0n) is 14.8. The van der Waals surface area contributed by atoms with E-state index < -0.39 is 0 Å². The molecule has 4 aromatic rings. The molecule has 0 aliphatic heterocycles. The third-order valence-electron chi connectivity index (χ3n) is 4.38. The van der Waals surface area contributed by atoms with Crippen LogP contribution < -0.4 is 5.32 Å². The number of anilines is 1. The predicted molar refractivity (Wildman–Crippen MR) is 100 cm³/mol. The Morgan fingerprint density at radius 3 is 2.69 bits per heavy atom. The Morgan fingerprint density at radius 2 is 1.92 bits per heavy atom. The normalized spacial score (nSPS) is 11.0. The van der Waals surface area contributed by atoms with Gasteiger partial charge in [0.25, 0.3) is 5.91 Å². The molecule has 0 fully saturated rings. The van der Waals surface area contributed by atoms with Crippen LogP contribution >= 0.6 is 0 Å². The Hall–Kier alpha value is -3.34. The molecule has 0 unspecified atom stereocenters. The second-order valence-corrected chi connectivity index (χ2v) is 6.36. The van der Waals surface area contributed by atoms with E-state index in [0.717, 1.165) is 33.4 Å². The Labute approximate surface area is 150 Å². The SMILES string of the molecule is Cc1cc(C)c2oc(-c3cccc(NC(=O)c4ccco4)c3C)nc2c1. The standard InChI is InChI=1S/C21H18N2O3/c1-12-10-13(2)19-17(11-12)23-21(26-19)15-6-4-7-16(14(15)3)22-20(24)18-8-5-9-25-18/h4-11H,1-3H3,(H,22,24). The fourth-order valence-electron chi connectivity index (χ4n) is 3.09. The van der Waals surface area contributed by atoms with Gasteiger partial charge >= 0.3 is 0 Å². The maximum atomic E-state index is 12.3. The number of hydrogen-bond donors (Lipinski definition) is 1. The second-order valence-electron chi connectivity index (χ2n) is 6.36. The molecule has 0 aliphatic carbocycles. The van der Waals surface area contributed by atoms with Crippen LogP contribution in [0, 0.1) is 20.8 Å². The van der Waals surface area contributed by atoms with Gasteiger partial charge in [-0.25, -0.2) is 4.98 Å². The molecule has 1 N–H and O–H groups in total. The molecule has 0 bridgehead atoms. The highest BCUT2D eigenvalue weighted by molar-refractivity contribution is 6.03. The van der Waals surface area contributed by atoms with Gasteiger partial charge in [0, 0.05) is 11.3 Å². The van der Waals surface area contributed by atoms with Crippen LogP contribution in [0.4, 0.5) is 5.69 Å². The lowest BCUT2D eigenvalue weighted by atomic mass is 10.1. The molecule has 0 radical (unpaired) electrons. The molecular weight excluding hydrogens is 328 g/mol. The number of aromatic nitrogens is 1. The molecule has 0 atom stereocenters. The van der Waals surface area contributed by atoms with Gasteiger partial charge in [-0.15, -0.1) is 0 Å². The fraction of sp³-hybridized carbons (Fsp3) is 0.143. The van der Waals surface area contributed by atoms with E-state index in [2.05, 4.69) is 16.4 Å². The van der Waals surface area contributed by atoms with Crippen LogP contribution in [-0.4, -0.2) is 10.9 Å². The van der Waals surface area contributed by atoms with Gasteiger partial charge in [0.05, 0.1) is 6.26 Å². The van der Waals surface area contributed by atoms with Crippen LogP contribution in [0.15, 0.2) is 57.6 Å². The molecule has 130 valence electrons. The molecule has 2 aromatic carbocycles. The quantitative estimate of drug-likeness (QED) is 0.549. The number of amides is 1. The number of aryl methyl sites for hydroxylation is 2. The minimum atomic E-state index is -0.292. The minimum Gasteiger partial charge on any atom is -0.459 e. The summed E-state index contributed by atoms with van der Waals surface area (Å²) in [6.45, 7) is 5.98. The van der Waals surface area contributed by atoms with E-state index in [4.69, 9.17) is 8.83 Å². The Morgan fingerprint density at radius 1 is 1.08 bits per heavy atom. The topological polar surface area (TPSA) is 68.3 Å². The molecule has 0 spiro atoms. The number of hydrogen-bond acceptors (Lipinski definition) is 4. The van der Waals surface area contributed by atoms with Crippen molar-refractivity contribution in [3.05, 3.63) is 71.2 Å². The van der Waals surface area contributed by atoms with Gasteiger partial charge in [0.1, 0.15) is 5.52 Å². The third-order valence-corrected chi connectivity index (χ3v) is 4.38. The maximum absolute atomic E-state index is 12.3. The summed E-state index contributed by atoms with van der Waals surface area (Å²) in [7, 11) is 0. The largest absolute Gasteiger partial charge is 0.459 e. The number of oxazole rings is 1. The third kappa shape index (κ3) is 2.77. The van der Waals surface area contributed by atoms with Gasteiger partial charge in [-0.3, -0.25) is 4.79 Å². The molecule has 2 aromatic heterocycles. The molecule has 2 heterocycles. The summed E-state index contributed by atoms with van der Waals surface area (Å²) in [5, 5.41) is 2.87. The molecule has 26 heavy (non-hydrogen) atoms. The van der Waals surface area contributed by atoms with Crippen molar-refractivity contribution in [3.63, 3.8) is 0 Å². The van der Waals surface area contributed by atoms with Gasteiger partial charge in [0.15, 0.2) is 11.3 Å². The van der Waals surface area contributed by atoms with Crippen molar-refractivity contribution in [3.8, 4) is 11.5 Å². The Kier molecular flexibility index (Phi) is 3.84. The zero-order valence-corrected chi connectivity index (χ0v) is 14.8. The van der Waals surface area contributed by atoms with Crippen molar-refractivity contribution in [1.29, 1.82) is 0 Å². The minimum absolute atomic E-state index is 0.266. The lowest BCUT2D eigenvalue weighted by Crippen LogP contribution is -2.12. The van der Waals surface area contributed by atoms with E-state index in [1.54, 1.807) is 12.1 Å². The van der Waals surface area contributed by atoms with Gasteiger partial charge in [-0.05, 0) is 67.8 Å². The summed E-state index contributed by atoms with van der Waals surface area (Å²) in [5.74, 6) is 0.516. The molecule has 5 heteroatoms. The van der Waals surface area contributed by atoms with Gasteiger partial charge in [0.2, 0.25) is 5.89 Å². The highest BCUT2D eigenvalue weighted by atomic mass is 16.3.